The van der Waals surface area contributed by atoms with Crippen LogP contribution in [0.2, 0.25) is 0 Å². The maximum Gasteiger partial charge on any atom is 0.0532 e. The van der Waals surface area contributed by atoms with Gasteiger partial charge in [-0.15, -0.1) is 0 Å². The molecule has 0 aromatic heterocycles. The molecule has 0 aliphatic heterocycles. The highest BCUT2D eigenvalue weighted by Gasteiger charge is 1.95. The topological polar surface area (TPSA) is 9.23 Å². The summed E-state index contributed by atoms with van der Waals surface area (Å²) in [5.74, 6) is 0.623. The van der Waals surface area contributed by atoms with Crippen LogP contribution in [-0.2, 0) is 4.52 Å². The molecular weight excluding hydrogens is 179 g/mol. The predicted molar refractivity (Wildman–Crippen MR) is 59.9 cm³/mol. The van der Waals surface area contributed by atoms with Crippen LogP contribution >= 0.6 is 8.81 Å². The Morgan fingerprint density at radius 2 is 1.85 bits per heavy atom. The van der Waals surface area contributed by atoms with Gasteiger partial charge >= 0.3 is 0 Å². The van der Waals surface area contributed by atoms with Crippen molar-refractivity contribution in [2.24, 2.45) is 5.92 Å². The molecule has 0 saturated heterocycles. The van der Waals surface area contributed by atoms with E-state index in [4.69, 9.17) is 4.52 Å². The molecule has 0 bridgehead atoms. The number of hydrogen-bond acceptors (Lipinski definition) is 1. The van der Waals surface area contributed by atoms with Gasteiger partial charge in [-0.25, -0.2) is 0 Å². The van der Waals surface area contributed by atoms with E-state index in [2.05, 4.69) is 45.0 Å². The molecule has 0 aliphatic rings. The van der Waals surface area contributed by atoms with Crippen molar-refractivity contribution in [3.8, 4) is 0 Å². The molecule has 72 valence electrons. The summed E-state index contributed by atoms with van der Waals surface area (Å²) >= 11 is 0. The van der Waals surface area contributed by atoms with Crippen LogP contribution in [0.3, 0.4) is 0 Å². The van der Waals surface area contributed by atoms with E-state index in [1.54, 1.807) is 0 Å². The highest BCUT2D eigenvalue weighted by molar-refractivity contribution is 7.41. The second-order valence-corrected chi connectivity index (χ2v) is 4.74. The van der Waals surface area contributed by atoms with Crippen molar-refractivity contribution in [2.45, 2.75) is 20.8 Å². The maximum atomic E-state index is 5.55. The van der Waals surface area contributed by atoms with Crippen molar-refractivity contribution in [3.63, 3.8) is 0 Å². The van der Waals surface area contributed by atoms with Gasteiger partial charge in [0.1, 0.15) is 0 Å². The molecule has 0 radical (unpaired) electrons. The molecule has 0 amide bonds. The van der Waals surface area contributed by atoms with E-state index in [1.807, 2.05) is 0 Å². The zero-order chi connectivity index (χ0) is 9.68. The van der Waals surface area contributed by atoms with Crippen molar-refractivity contribution in [3.05, 3.63) is 29.8 Å². The molecule has 1 aromatic rings. The van der Waals surface area contributed by atoms with Gasteiger partial charge in [-0.3, -0.25) is 0 Å². The Morgan fingerprint density at radius 3 is 2.38 bits per heavy atom. The van der Waals surface area contributed by atoms with Gasteiger partial charge in [0.05, 0.1) is 6.61 Å². The first-order valence-electron chi connectivity index (χ1n) is 4.63. The van der Waals surface area contributed by atoms with E-state index in [0.29, 0.717) is 14.7 Å². The van der Waals surface area contributed by atoms with E-state index >= 15 is 0 Å². The van der Waals surface area contributed by atoms with Crippen LogP contribution in [0.15, 0.2) is 24.3 Å². The van der Waals surface area contributed by atoms with Crippen LogP contribution < -0.4 is 5.30 Å². The predicted octanol–water partition coefficient (Wildman–Crippen LogP) is 2.89. The standard InChI is InChI=1S/C11H17OP/c1-9(2)8-12-13-11-6-4-10(3)5-7-11/h4-7,9,13H,8H2,1-3H3. The quantitative estimate of drug-likeness (QED) is 0.673. The van der Waals surface area contributed by atoms with Crippen molar-refractivity contribution in [1.82, 2.24) is 0 Å². The lowest BCUT2D eigenvalue weighted by Crippen LogP contribution is -2.00. The van der Waals surface area contributed by atoms with Gasteiger partial charge in [0, 0.05) is 8.81 Å². The Labute approximate surface area is 82.4 Å². The van der Waals surface area contributed by atoms with E-state index in [1.165, 1.54) is 10.9 Å². The van der Waals surface area contributed by atoms with Gasteiger partial charge in [0.25, 0.3) is 0 Å². The largest absolute Gasteiger partial charge is 0.357 e. The smallest absolute Gasteiger partial charge is 0.0532 e. The number of hydrogen-bond donors (Lipinski definition) is 0. The molecule has 13 heavy (non-hydrogen) atoms. The number of aryl methyl sites for hydroxylation is 1. The molecule has 0 N–H and O–H groups in total. The van der Waals surface area contributed by atoms with Crippen LogP contribution in [0.4, 0.5) is 0 Å². The Bertz CT molecular complexity index is 241. The van der Waals surface area contributed by atoms with Crippen LogP contribution in [0, 0.1) is 12.8 Å². The molecule has 0 aliphatic carbocycles. The summed E-state index contributed by atoms with van der Waals surface area (Å²) in [6, 6.07) is 8.52. The summed E-state index contributed by atoms with van der Waals surface area (Å²) in [7, 11) is 0.494. The van der Waals surface area contributed by atoms with Crippen molar-refractivity contribution < 1.29 is 4.52 Å². The Morgan fingerprint density at radius 1 is 1.23 bits per heavy atom. The molecule has 0 saturated carbocycles. The minimum atomic E-state index is 0.494. The molecule has 0 fully saturated rings. The fourth-order valence-corrected chi connectivity index (χ4v) is 1.80. The summed E-state index contributed by atoms with van der Waals surface area (Å²) in [6.45, 7) is 7.29. The second kappa shape index (κ2) is 5.36. The fraction of sp³-hybridized carbons (Fsp3) is 0.455. The van der Waals surface area contributed by atoms with Crippen LogP contribution in [0.1, 0.15) is 19.4 Å². The minimum absolute atomic E-state index is 0.494. The van der Waals surface area contributed by atoms with Gasteiger partial charge in [-0.1, -0.05) is 43.7 Å². The first kappa shape index (κ1) is 10.7. The third kappa shape index (κ3) is 4.40. The number of rotatable bonds is 4. The number of benzene rings is 1. The van der Waals surface area contributed by atoms with Crippen LogP contribution in [0.25, 0.3) is 0 Å². The molecule has 0 heterocycles. The highest BCUT2D eigenvalue weighted by Crippen LogP contribution is 2.13. The first-order valence-corrected chi connectivity index (χ1v) is 5.54. The summed E-state index contributed by atoms with van der Waals surface area (Å²) in [4.78, 5) is 0. The molecule has 1 nitrogen and oxygen atoms in total. The second-order valence-electron chi connectivity index (χ2n) is 3.67. The van der Waals surface area contributed by atoms with Gasteiger partial charge in [-0.05, 0) is 18.1 Å². The molecule has 0 spiro atoms. The summed E-state index contributed by atoms with van der Waals surface area (Å²) in [5, 5.41) is 1.28. The zero-order valence-corrected chi connectivity index (χ0v) is 9.50. The summed E-state index contributed by atoms with van der Waals surface area (Å²) < 4.78 is 5.55. The molecule has 1 unspecified atom stereocenters. The molecular formula is C11H17OP. The zero-order valence-electron chi connectivity index (χ0n) is 8.50. The highest BCUT2D eigenvalue weighted by atomic mass is 31.1. The van der Waals surface area contributed by atoms with Gasteiger partial charge < -0.3 is 4.52 Å². The lowest BCUT2D eigenvalue weighted by atomic mass is 10.2. The average molecular weight is 196 g/mol. The van der Waals surface area contributed by atoms with Gasteiger partial charge in [0.15, 0.2) is 0 Å². The van der Waals surface area contributed by atoms with E-state index in [-0.39, 0.29) is 0 Å². The summed E-state index contributed by atoms with van der Waals surface area (Å²) in [6.07, 6.45) is 0. The monoisotopic (exact) mass is 196 g/mol. The summed E-state index contributed by atoms with van der Waals surface area (Å²) in [5.41, 5.74) is 1.30. The van der Waals surface area contributed by atoms with E-state index in [9.17, 15) is 0 Å². The van der Waals surface area contributed by atoms with Crippen LogP contribution in [0.5, 0.6) is 0 Å². The fourth-order valence-electron chi connectivity index (χ4n) is 0.913. The molecule has 2 heteroatoms. The lowest BCUT2D eigenvalue weighted by molar-refractivity contribution is 0.309. The Hall–Kier alpha value is -0.390. The third-order valence-corrected chi connectivity index (χ3v) is 2.54. The Kier molecular flexibility index (Phi) is 4.41. The van der Waals surface area contributed by atoms with Gasteiger partial charge in [-0.2, -0.15) is 0 Å². The molecule has 1 aromatic carbocycles. The normalized spacial score (nSPS) is 11.7. The SMILES string of the molecule is Cc1ccc(POCC(C)C)cc1. The first-order chi connectivity index (χ1) is 6.18. The van der Waals surface area contributed by atoms with E-state index in [0.717, 1.165) is 6.61 Å². The van der Waals surface area contributed by atoms with Gasteiger partial charge in [0.2, 0.25) is 0 Å². The third-order valence-electron chi connectivity index (χ3n) is 1.66. The van der Waals surface area contributed by atoms with E-state index < -0.39 is 0 Å². The minimum Gasteiger partial charge on any atom is -0.357 e. The van der Waals surface area contributed by atoms with Crippen LogP contribution in [-0.4, -0.2) is 6.61 Å². The molecule has 1 atom stereocenters. The van der Waals surface area contributed by atoms with Crippen molar-refractivity contribution in [2.75, 3.05) is 6.61 Å². The Balaban J connectivity index is 2.33. The van der Waals surface area contributed by atoms with Crippen molar-refractivity contribution >= 4 is 14.1 Å². The average Bonchev–Trinajstić information content (AvgIpc) is 2.08. The lowest BCUT2D eigenvalue weighted by Gasteiger charge is -2.06. The maximum absolute atomic E-state index is 5.55. The van der Waals surface area contributed by atoms with Crippen molar-refractivity contribution in [1.29, 1.82) is 0 Å². The molecule has 1 rings (SSSR count).